The number of carbonyl (C=O) groups is 1. The Balaban J connectivity index is 1.41. The Morgan fingerprint density at radius 3 is 2.90 bits per heavy atom. The van der Waals surface area contributed by atoms with Gasteiger partial charge >= 0.3 is 0 Å². The molecule has 1 aromatic heterocycles. The molecule has 0 aliphatic carbocycles. The third-order valence-corrected chi connectivity index (χ3v) is 5.62. The lowest BCUT2D eigenvalue weighted by Gasteiger charge is -2.13. The fourth-order valence-corrected chi connectivity index (χ4v) is 3.77. The minimum Gasteiger partial charge on any atom is -0.454 e. The van der Waals surface area contributed by atoms with Gasteiger partial charge in [0.2, 0.25) is 17.9 Å². The van der Waals surface area contributed by atoms with Gasteiger partial charge in [-0.15, -0.1) is 5.10 Å². The van der Waals surface area contributed by atoms with Gasteiger partial charge in [-0.1, -0.05) is 30.0 Å². The molecule has 9 heteroatoms. The SMILES string of the molecule is Cc1ccc(C)c(-n2nnnc2S[C@@H](C)C(=O)NCc2ccc3c(c2)OCO3)c1. The fourth-order valence-electron chi connectivity index (χ4n) is 2.95. The number of ether oxygens (including phenoxy) is 2. The lowest BCUT2D eigenvalue weighted by Crippen LogP contribution is -2.30. The Kier molecular flexibility index (Phi) is 5.39. The number of rotatable bonds is 6. The summed E-state index contributed by atoms with van der Waals surface area (Å²) >= 11 is 1.32. The maximum Gasteiger partial charge on any atom is 0.233 e. The van der Waals surface area contributed by atoms with Crippen LogP contribution in [0.25, 0.3) is 5.69 Å². The first-order valence-electron chi connectivity index (χ1n) is 9.20. The minimum atomic E-state index is -0.362. The topological polar surface area (TPSA) is 91.2 Å². The third-order valence-electron chi connectivity index (χ3n) is 4.59. The lowest BCUT2D eigenvalue weighted by atomic mass is 10.1. The van der Waals surface area contributed by atoms with Gasteiger partial charge in [0.25, 0.3) is 0 Å². The zero-order valence-electron chi connectivity index (χ0n) is 16.4. The van der Waals surface area contributed by atoms with Gasteiger partial charge in [0.05, 0.1) is 10.9 Å². The number of carbonyl (C=O) groups excluding carboxylic acids is 1. The van der Waals surface area contributed by atoms with Crippen molar-refractivity contribution in [3.63, 3.8) is 0 Å². The number of hydrogen-bond acceptors (Lipinski definition) is 7. The second-order valence-corrected chi connectivity index (χ2v) is 8.14. The van der Waals surface area contributed by atoms with Crippen LogP contribution in [-0.4, -0.2) is 38.2 Å². The van der Waals surface area contributed by atoms with Crippen LogP contribution in [0.15, 0.2) is 41.6 Å². The number of tetrazole rings is 1. The summed E-state index contributed by atoms with van der Waals surface area (Å²) in [4.78, 5) is 12.6. The van der Waals surface area contributed by atoms with Crippen molar-refractivity contribution in [1.82, 2.24) is 25.5 Å². The quantitative estimate of drug-likeness (QED) is 0.624. The highest BCUT2D eigenvalue weighted by molar-refractivity contribution is 8.00. The van der Waals surface area contributed by atoms with Gasteiger partial charge in [-0.3, -0.25) is 4.79 Å². The monoisotopic (exact) mass is 411 g/mol. The third kappa shape index (κ3) is 4.19. The molecular weight excluding hydrogens is 390 g/mol. The van der Waals surface area contributed by atoms with E-state index in [1.54, 1.807) is 4.68 Å². The summed E-state index contributed by atoms with van der Waals surface area (Å²) < 4.78 is 12.4. The zero-order valence-corrected chi connectivity index (χ0v) is 17.2. The average Bonchev–Trinajstić information content (AvgIpc) is 3.36. The van der Waals surface area contributed by atoms with Crippen LogP contribution < -0.4 is 14.8 Å². The molecule has 8 nitrogen and oxygen atoms in total. The molecule has 0 saturated heterocycles. The molecule has 0 unspecified atom stereocenters. The predicted octanol–water partition coefficient (Wildman–Crippen LogP) is 2.80. The summed E-state index contributed by atoms with van der Waals surface area (Å²) in [6, 6.07) is 11.7. The molecule has 3 aromatic rings. The smallest absolute Gasteiger partial charge is 0.233 e. The van der Waals surface area contributed by atoms with Crippen molar-refractivity contribution in [2.45, 2.75) is 37.7 Å². The molecule has 1 aliphatic heterocycles. The van der Waals surface area contributed by atoms with Crippen molar-refractivity contribution >= 4 is 17.7 Å². The number of aromatic nitrogens is 4. The second kappa shape index (κ2) is 8.12. The number of nitrogens with one attached hydrogen (secondary N) is 1. The number of aryl methyl sites for hydroxylation is 2. The summed E-state index contributed by atoms with van der Waals surface area (Å²) in [5.74, 6) is 1.33. The molecule has 1 aliphatic rings. The van der Waals surface area contributed by atoms with E-state index < -0.39 is 0 Å². The molecule has 1 N–H and O–H groups in total. The highest BCUT2D eigenvalue weighted by atomic mass is 32.2. The number of fused-ring (bicyclic) bond motifs is 1. The molecule has 0 saturated carbocycles. The molecule has 1 amide bonds. The first-order chi connectivity index (χ1) is 14.0. The highest BCUT2D eigenvalue weighted by Crippen LogP contribution is 2.32. The first-order valence-corrected chi connectivity index (χ1v) is 10.1. The maximum absolute atomic E-state index is 12.6. The lowest BCUT2D eigenvalue weighted by molar-refractivity contribution is -0.120. The molecule has 4 rings (SSSR count). The van der Waals surface area contributed by atoms with E-state index >= 15 is 0 Å². The van der Waals surface area contributed by atoms with E-state index in [0.717, 1.165) is 28.1 Å². The summed E-state index contributed by atoms with van der Waals surface area (Å²) in [7, 11) is 0. The van der Waals surface area contributed by atoms with Crippen LogP contribution in [0, 0.1) is 13.8 Å². The number of amides is 1. The van der Waals surface area contributed by atoms with Crippen molar-refractivity contribution in [2.75, 3.05) is 6.79 Å². The number of thioether (sulfide) groups is 1. The Morgan fingerprint density at radius 2 is 2.03 bits per heavy atom. The molecule has 0 spiro atoms. The van der Waals surface area contributed by atoms with Gasteiger partial charge < -0.3 is 14.8 Å². The van der Waals surface area contributed by atoms with Crippen molar-refractivity contribution in [2.24, 2.45) is 0 Å². The van der Waals surface area contributed by atoms with E-state index in [2.05, 4.69) is 20.8 Å². The van der Waals surface area contributed by atoms with Gasteiger partial charge in [-0.2, -0.15) is 4.68 Å². The summed E-state index contributed by atoms with van der Waals surface area (Å²) in [6.07, 6.45) is 0. The summed E-state index contributed by atoms with van der Waals surface area (Å²) in [6.45, 7) is 6.50. The van der Waals surface area contributed by atoms with Crippen LogP contribution in [0.4, 0.5) is 0 Å². The molecule has 29 heavy (non-hydrogen) atoms. The maximum atomic E-state index is 12.6. The van der Waals surface area contributed by atoms with E-state index in [-0.39, 0.29) is 18.0 Å². The van der Waals surface area contributed by atoms with Gasteiger partial charge in [0.15, 0.2) is 11.5 Å². The van der Waals surface area contributed by atoms with Gasteiger partial charge in [0.1, 0.15) is 0 Å². The van der Waals surface area contributed by atoms with Crippen molar-refractivity contribution in [1.29, 1.82) is 0 Å². The van der Waals surface area contributed by atoms with Crippen LogP contribution in [0.3, 0.4) is 0 Å². The molecule has 0 radical (unpaired) electrons. The Hall–Kier alpha value is -3.07. The average molecular weight is 411 g/mol. The fraction of sp³-hybridized carbons (Fsp3) is 0.300. The molecule has 150 valence electrons. The first kappa shape index (κ1) is 19.3. The van der Waals surface area contributed by atoms with Crippen molar-refractivity contribution in [3.8, 4) is 17.2 Å². The van der Waals surface area contributed by atoms with Crippen LogP contribution in [0.5, 0.6) is 11.5 Å². The van der Waals surface area contributed by atoms with Crippen LogP contribution >= 0.6 is 11.8 Å². The molecule has 2 heterocycles. The number of nitrogens with zero attached hydrogens (tertiary/aromatic N) is 4. The predicted molar refractivity (Wildman–Crippen MR) is 108 cm³/mol. The standard InChI is InChI=1S/C20H21N5O3S/c1-12-4-5-13(2)16(8-12)25-20(22-23-24-25)29-14(3)19(26)21-10-15-6-7-17-18(9-15)28-11-27-17/h4-9,14H,10-11H2,1-3H3,(H,21,26)/t14-/m0/s1. The summed E-state index contributed by atoms with van der Waals surface area (Å²) in [5, 5.41) is 15.2. The van der Waals surface area contributed by atoms with Gasteiger partial charge in [-0.05, 0) is 66.1 Å². The highest BCUT2D eigenvalue weighted by Gasteiger charge is 2.20. The van der Waals surface area contributed by atoms with Gasteiger partial charge in [-0.25, -0.2) is 0 Å². The van der Waals surface area contributed by atoms with Crippen molar-refractivity contribution in [3.05, 3.63) is 53.1 Å². The van der Waals surface area contributed by atoms with E-state index in [1.807, 2.05) is 57.2 Å². The zero-order chi connectivity index (χ0) is 20.4. The van der Waals surface area contributed by atoms with Crippen LogP contribution in [-0.2, 0) is 11.3 Å². The van der Waals surface area contributed by atoms with Crippen LogP contribution in [0.2, 0.25) is 0 Å². The minimum absolute atomic E-state index is 0.0943. The number of benzene rings is 2. The van der Waals surface area contributed by atoms with Gasteiger partial charge in [0, 0.05) is 6.54 Å². The molecule has 2 aromatic carbocycles. The van der Waals surface area contributed by atoms with E-state index in [4.69, 9.17) is 9.47 Å². The molecular formula is C20H21N5O3S. The number of hydrogen-bond donors (Lipinski definition) is 1. The Morgan fingerprint density at radius 1 is 1.21 bits per heavy atom. The molecule has 0 bridgehead atoms. The Bertz CT molecular complexity index is 1050. The normalized spacial score (nSPS) is 13.3. The largest absolute Gasteiger partial charge is 0.454 e. The molecule has 0 fully saturated rings. The van der Waals surface area contributed by atoms with E-state index in [1.165, 1.54) is 11.8 Å². The second-order valence-electron chi connectivity index (χ2n) is 6.83. The van der Waals surface area contributed by atoms with Crippen molar-refractivity contribution < 1.29 is 14.3 Å². The Labute approximate surface area is 172 Å². The van der Waals surface area contributed by atoms with E-state index in [9.17, 15) is 4.79 Å². The summed E-state index contributed by atoms with van der Waals surface area (Å²) in [5.41, 5.74) is 4.03. The van der Waals surface area contributed by atoms with Crippen LogP contribution in [0.1, 0.15) is 23.6 Å². The van der Waals surface area contributed by atoms with E-state index in [0.29, 0.717) is 17.5 Å². The molecule has 1 atom stereocenters.